The Morgan fingerprint density at radius 2 is 0.649 bits per heavy atom. The van der Waals surface area contributed by atoms with Gasteiger partial charge < -0.3 is 30.6 Å². The van der Waals surface area contributed by atoms with Gasteiger partial charge in [-0.05, 0) is 134 Å². The van der Waals surface area contributed by atoms with Crippen molar-refractivity contribution in [3.8, 4) is 34.5 Å². The van der Waals surface area contributed by atoms with Crippen molar-refractivity contribution in [3.63, 3.8) is 0 Å². The number of hydrogen-bond donors (Lipinski definition) is 6. The van der Waals surface area contributed by atoms with E-state index in [9.17, 15) is 30.6 Å². The van der Waals surface area contributed by atoms with Gasteiger partial charge in [-0.25, -0.2) is 0 Å². The summed E-state index contributed by atoms with van der Waals surface area (Å²) >= 11 is 0. The Balaban J connectivity index is 0.000000374. The maximum Gasteiger partial charge on any atom is 0.124 e. The minimum absolute atomic E-state index is 0. The van der Waals surface area contributed by atoms with E-state index in [0.29, 0.717) is 41.9 Å². The van der Waals surface area contributed by atoms with Crippen LogP contribution in [0.15, 0.2) is 139 Å². The zero-order valence-electron chi connectivity index (χ0n) is 42.8. The van der Waals surface area contributed by atoms with Crippen molar-refractivity contribution in [2.75, 3.05) is 19.6 Å². The van der Waals surface area contributed by atoms with Gasteiger partial charge in [0.2, 0.25) is 0 Å². The zero-order valence-corrected chi connectivity index (χ0v) is 45.6. The van der Waals surface area contributed by atoms with Crippen LogP contribution in [-0.2, 0) is 51.2 Å². The number of aliphatic imine (C=N–C) groups is 6. The molecule has 1 aliphatic carbocycles. The molecule has 3 radical (unpaired) electrons. The Labute approximate surface area is 468 Å². The van der Waals surface area contributed by atoms with Gasteiger partial charge in [0.1, 0.15) is 34.5 Å². The van der Waals surface area contributed by atoms with Crippen molar-refractivity contribution in [2.45, 2.75) is 92.3 Å². The van der Waals surface area contributed by atoms with Crippen LogP contribution in [-0.4, -0.2) is 106 Å². The first-order valence-corrected chi connectivity index (χ1v) is 23.9. The van der Waals surface area contributed by atoms with E-state index < -0.39 is 0 Å². The fourth-order valence-corrected chi connectivity index (χ4v) is 7.46. The Bertz CT molecular complexity index is 2770. The van der Waals surface area contributed by atoms with E-state index in [1.165, 1.54) is 0 Å². The van der Waals surface area contributed by atoms with Crippen molar-refractivity contribution in [3.05, 3.63) is 176 Å². The monoisotopic (exact) mass is 1150 g/mol. The molecular weight excluding hydrogens is 1080 g/mol. The summed E-state index contributed by atoms with van der Waals surface area (Å²) in [6.45, 7) is 15.4. The molecular formula is C59H68Cu3N6O6. The predicted octanol–water partition coefficient (Wildman–Crippen LogP) is 11.5. The van der Waals surface area contributed by atoms with E-state index in [2.05, 4.69) is 20.0 Å². The van der Waals surface area contributed by atoms with Crippen molar-refractivity contribution in [1.82, 2.24) is 0 Å². The number of benzene rings is 6. The van der Waals surface area contributed by atoms with E-state index >= 15 is 0 Å². The molecule has 6 aromatic carbocycles. The Morgan fingerprint density at radius 1 is 0.392 bits per heavy atom. The molecule has 1 saturated carbocycles. The van der Waals surface area contributed by atoms with Gasteiger partial charge in [-0.1, -0.05) is 82.6 Å². The SMILES string of the molecule is Cc1ccc(O)c(C=NC2CCCCC2N=Cc2cc(C)ccc2O)c1.Cc1ccc(O)c(C=NCC(C)N=Cc2cc(C)ccc2O)c1.Cc1ccc(O)c(C=NCCN=Cc2cc(C)ccc2O)c1.[Cu].[Cu].[Cu]. The first-order valence-electron chi connectivity index (χ1n) is 23.9. The van der Waals surface area contributed by atoms with Crippen LogP contribution in [0.4, 0.5) is 0 Å². The topological polar surface area (TPSA) is 196 Å². The van der Waals surface area contributed by atoms with Crippen LogP contribution in [0.25, 0.3) is 0 Å². The standard InChI is InChI=1S/C22H26N2O2.C19H22N2O2.C18H20N2O2.3Cu/c1-15-7-9-21(25)17(11-15)13-23-19-5-3-4-6-20(19)24-14-18-12-16(2)8-10-22(18)26;1-13-4-6-18(22)16(8-13)11-20-10-15(3)21-12-17-9-14(2)5-7-19(17)23;1-13-3-5-17(21)15(9-13)11-19-7-8-20-12-16-10-14(2)4-6-18(16)22;;;/h7-14,19-20,25-26H,3-6H2,1-2H3;4-9,11-12,15,22-23H,10H2,1-3H3;3-6,9-12,21-22H,7-8H2,1-2H3;;;. The molecule has 0 bridgehead atoms. The molecule has 74 heavy (non-hydrogen) atoms. The quantitative estimate of drug-likeness (QED) is 0.0357. The van der Waals surface area contributed by atoms with E-state index in [4.69, 9.17) is 9.98 Å². The molecule has 1 fully saturated rings. The van der Waals surface area contributed by atoms with Crippen molar-refractivity contribution in [2.24, 2.45) is 30.0 Å². The van der Waals surface area contributed by atoms with Crippen LogP contribution in [0.1, 0.15) is 99.4 Å². The van der Waals surface area contributed by atoms with Gasteiger partial charge in [0.05, 0.1) is 37.8 Å². The summed E-state index contributed by atoms with van der Waals surface area (Å²) in [5, 5.41) is 58.9. The second-order valence-corrected chi connectivity index (χ2v) is 18.0. The van der Waals surface area contributed by atoms with Crippen LogP contribution < -0.4 is 0 Å². The van der Waals surface area contributed by atoms with Crippen LogP contribution in [0, 0.1) is 41.5 Å². The summed E-state index contributed by atoms with van der Waals surface area (Å²) < 4.78 is 0. The Kier molecular flexibility index (Phi) is 28.3. The van der Waals surface area contributed by atoms with E-state index in [0.717, 1.165) is 70.2 Å². The number of nitrogens with zero attached hydrogens (tertiary/aromatic N) is 6. The van der Waals surface area contributed by atoms with Crippen LogP contribution in [0.2, 0.25) is 0 Å². The fraction of sp³-hybridized carbons (Fsp3) is 0.288. The van der Waals surface area contributed by atoms with Gasteiger partial charge in [-0.3, -0.25) is 30.0 Å². The normalized spacial score (nSPS) is 14.8. The molecule has 12 nitrogen and oxygen atoms in total. The smallest absolute Gasteiger partial charge is 0.124 e. The molecule has 1 aliphatic rings. The molecule has 3 atom stereocenters. The molecule has 0 aliphatic heterocycles. The third kappa shape index (κ3) is 21.7. The third-order valence-corrected chi connectivity index (χ3v) is 11.5. The van der Waals surface area contributed by atoms with Gasteiger partial charge in [0.15, 0.2) is 0 Å². The van der Waals surface area contributed by atoms with Crippen molar-refractivity contribution >= 4 is 37.3 Å². The number of hydrogen-bond acceptors (Lipinski definition) is 12. The Morgan fingerprint density at radius 3 is 0.946 bits per heavy atom. The molecule has 6 N–H and O–H groups in total. The van der Waals surface area contributed by atoms with E-state index in [1.807, 2.05) is 121 Å². The summed E-state index contributed by atoms with van der Waals surface area (Å²) in [7, 11) is 0. The molecule has 7 rings (SSSR count). The van der Waals surface area contributed by atoms with Gasteiger partial charge in [-0.15, -0.1) is 0 Å². The predicted molar refractivity (Wildman–Crippen MR) is 293 cm³/mol. The number of aromatic hydroxyl groups is 6. The fourth-order valence-electron chi connectivity index (χ4n) is 7.46. The minimum Gasteiger partial charge on any atom is -0.507 e. The molecule has 0 spiro atoms. The number of phenolic OH excluding ortho intramolecular Hbond substituents is 6. The molecule has 6 aromatic rings. The first kappa shape index (κ1) is 63.8. The van der Waals surface area contributed by atoms with Gasteiger partial charge in [0, 0.05) is 122 Å². The molecule has 15 heteroatoms. The van der Waals surface area contributed by atoms with E-state index in [-0.39, 0.29) is 104 Å². The molecule has 0 heterocycles. The first-order chi connectivity index (χ1) is 34.0. The summed E-state index contributed by atoms with van der Waals surface area (Å²) in [6, 6.07) is 32.8. The second-order valence-electron chi connectivity index (χ2n) is 18.0. The van der Waals surface area contributed by atoms with Crippen LogP contribution in [0.3, 0.4) is 0 Å². The van der Waals surface area contributed by atoms with Gasteiger partial charge in [-0.2, -0.15) is 0 Å². The molecule has 0 amide bonds. The van der Waals surface area contributed by atoms with Crippen LogP contribution >= 0.6 is 0 Å². The summed E-state index contributed by atoms with van der Waals surface area (Å²) in [6.07, 6.45) is 14.5. The molecule has 403 valence electrons. The number of rotatable bonds is 14. The maximum absolute atomic E-state index is 9.99. The van der Waals surface area contributed by atoms with Gasteiger partial charge in [0.25, 0.3) is 0 Å². The summed E-state index contributed by atoms with van der Waals surface area (Å²) in [4.78, 5) is 26.7. The van der Waals surface area contributed by atoms with E-state index in [1.54, 1.807) is 73.7 Å². The number of phenols is 6. The average molecular weight is 1150 g/mol. The molecule has 0 aromatic heterocycles. The zero-order chi connectivity index (χ0) is 51.3. The molecule has 0 saturated heterocycles. The maximum atomic E-state index is 9.99. The van der Waals surface area contributed by atoms with Gasteiger partial charge >= 0.3 is 0 Å². The average Bonchev–Trinajstić information content (AvgIpc) is 3.34. The summed E-state index contributed by atoms with van der Waals surface area (Å²) in [5.74, 6) is 1.39. The number of aryl methyl sites for hydroxylation is 6. The second kappa shape index (κ2) is 32.8. The van der Waals surface area contributed by atoms with Crippen molar-refractivity contribution < 1.29 is 81.8 Å². The minimum atomic E-state index is -0.0156. The third-order valence-electron chi connectivity index (χ3n) is 11.5. The van der Waals surface area contributed by atoms with Crippen molar-refractivity contribution in [1.29, 1.82) is 0 Å². The van der Waals surface area contributed by atoms with Crippen LogP contribution in [0.5, 0.6) is 34.5 Å². The largest absolute Gasteiger partial charge is 0.507 e. The Hall–Kier alpha value is -6.30. The molecule has 3 unspecified atom stereocenters. The summed E-state index contributed by atoms with van der Waals surface area (Å²) in [5.41, 5.74) is 10.8.